The largest absolute Gasteiger partial charge is 0.380 e. The number of rotatable bonds is 6. The lowest BCUT2D eigenvalue weighted by molar-refractivity contribution is -0.134. The molecule has 1 amide bonds. The predicted octanol–water partition coefficient (Wildman–Crippen LogP) is 0.583. The van der Waals surface area contributed by atoms with Crippen LogP contribution in [0.5, 0.6) is 0 Å². The molecular weight excluding hydrogens is 392 g/mol. The van der Waals surface area contributed by atoms with E-state index in [1.165, 1.54) is 12.0 Å². The second-order valence-electron chi connectivity index (χ2n) is 5.66. The van der Waals surface area contributed by atoms with Crippen LogP contribution in [-0.2, 0) is 19.6 Å². The molecule has 1 fully saturated rings. The van der Waals surface area contributed by atoms with E-state index in [9.17, 15) is 22.0 Å². The number of amides is 1. The Balaban J connectivity index is 0.00000338. The molecule has 7 nitrogen and oxygen atoms in total. The van der Waals surface area contributed by atoms with E-state index in [1.807, 2.05) is 0 Å². The number of hydrogen-bond donors (Lipinski definition) is 1. The molecule has 1 aliphatic rings. The third kappa shape index (κ3) is 5.10. The maximum atomic E-state index is 13.8. The molecule has 0 aromatic heterocycles. The zero-order valence-corrected chi connectivity index (χ0v) is 15.9. The number of sulfonamides is 1. The third-order valence-electron chi connectivity index (χ3n) is 4.10. The number of carbonyl (C=O) groups excluding carboxylic acids is 1. The average Bonchev–Trinajstić information content (AvgIpc) is 2.59. The van der Waals surface area contributed by atoms with Gasteiger partial charge in [-0.05, 0) is 12.1 Å². The highest BCUT2D eigenvalue weighted by molar-refractivity contribution is 7.89. The summed E-state index contributed by atoms with van der Waals surface area (Å²) in [5.41, 5.74) is 5.48. The van der Waals surface area contributed by atoms with Crippen LogP contribution >= 0.6 is 12.4 Å². The third-order valence-corrected chi connectivity index (χ3v) is 6.03. The minimum Gasteiger partial charge on any atom is -0.380 e. The Bertz CT molecular complexity index is 724. The molecule has 0 spiro atoms. The van der Waals surface area contributed by atoms with Gasteiger partial charge in [-0.25, -0.2) is 17.2 Å². The number of carbonyl (C=O) groups is 1. The Labute approximate surface area is 157 Å². The fourth-order valence-corrected chi connectivity index (χ4v) is 4.06. The van der Waals surface area contributed by atoms with E-state index >= 15 is 0 Å². The maximum absolute atomic E-state index is 13.8. The van der Waals surface area contributed by atoms with E-state index in [2.05, 4.69) is 0 Å². The Hall–Kier alpha value is -1.33. The van der Waals surface area contributed by atoms with Crippen molar-refractivity contribution in [2.45, 2.75) is 17.4 Å². The number of piperazine rings is 1. The molecule has 26 heavy (non-hydrogen) atoms. The Morgan fingerprint density at radius 2 is 1.88 bits per heavy atom. The van der Waals surface area contributed by atoms with Gasteiger partial charge in [-0.2, -0.15) is 4.31 Å². The summed E-state index contributed by atoms with van der Waals surface area (Å²) in [6, 6.07) is 2.33. The van der Waals surface area contributed by atoms with Crippen LogP contribution in [0.15, 0.2) is 23.1 Å². The van der Waals surface area contributed by atoms with Crippen molar-refractivity contribution in [3.8, 4) is 0 Å². The normalized spacial score (nSPS) is 16.8. The van der Waals surface area contributed by atoms with E-state index in [4.69, 9.17) is 10.5 Å². The highest BCUT2D eigenvalue weighted by atomic mass is 35.5. The lowest BCUT2D eigenvalue weighted by atomic mass is 10.2. The number of ether oxygens (including phenoxy) is 1. The molecule has 1 unspecified atom stereocenters. The fraction of sp³-hybridized carbons (Fsp3) is 0.533. The lowest BCUT2D eigenvalue weighted by Crippen LogP contribution is -2.51. The number of methoxy groups -OCH3 is 1. The molecule has 0 bridgehead atoms. The van der Waals surface area contributed by atoms with Gasteiger partial charge in [0.2, 0.25) is 15.9 Å². The van der Waals surface area contributed by atoms with Crippen molar-refractivity contribution in [1.29, 1.82) is 0 Å². The molecule has 1 heterocycles. The lowest BCUT2D eigenvalue weighted by Gasteiger charge is -2.34. The number of benzene rings is 1. The Morgan fingerprint density at radius 1 is 1.27 bits per heavy atom. The van der Waals surface area contributed by atoms with Gasteiger partial charge >= 0.3 is 0 Å². The van der Waals surface area contributed by atoms with Crippen molar-refractivity contribution in [1.82, 2.24) is 9.21 Å². The van der Waals surface area contributed by atoms with Crippen LogP contribution in [0.2, 0.25) is 0 Å². The summed E-state index contributed by atoms with van der Waals surface area (Å²) in [5.74, 6) is -2.16. The van der Waals surface area contributed by atoms with Crippen molar-refractivity contribution in [2.75, 3.05) is 39.8 Å². The molecule has 2 N–H and O–H groups in total. The monoisotopic (exact) mass is 413 g/mol. The molecule has 11 heteroatoms. The summed E-state index contributed by atoms with van der Waals surface area (Å²) in [6.45, 7) is 0.639. The van der Waals surface area contributed by atoms with Crippen LogP contribution in [0.4, 0.5) is 8.78 Å². The Morgan fingerprint density at radius 3 is 2.38 bits per heavy atom. The first-order chi connectivity index (χ1) is 11.8. The standard InChI is InChI=1S/C15H21F2N3O4S.ClH/c1-24-12(10-18)9-15(21)19-4-6-20(7-5-19)25(22,23)14-3-2-11(16)8-13(14)17;/h2-3,8,12H,4-7,9-10,18H2,1H3;1H. The molecular formula is C15H22ClF2N3O4S. The molecule has 148 valence electrons. The van der Waals surface area contributed by atoms with Gasteiger partial charge in [-0.15, -0.1) is 12.4 Å². The molecule has 0 saturated carbocycles. The van der Waals surface area contributed by atoms with Gasteiger partial charge in [-0.3, -0.25) is 4.79 Å². The molecule has 0 radical (unpaired) electrons. The Kier molecular flexibility index (Phi) is 8.35. The van der Waals surface area contributed by atoms with Crippen molar-refractivity contribution in [3.63, 3.8) is 0 Å². The summed E-state index contributed by atoms with van der Waals surface area (Å²) >= 11 is 0. The SMILES string of the molecule is COC(CN)CC(=O)N1CCN(S(=O)(=O)c2ccc(F)cc2F)CC1.Cl. The fourth-order valence-electron chi connectivity index (χ4n) is 2.59. The van der Waals surface area contributed by atoms with E-state index in [1.54, 1.807) is 0 Å². The molecule has 1 aromatic carbocycles. The first kappa shape index (κ1) is 22.7. The summed E-state index contributed by atoms with van der Waals surface area (Å²) in [5, 5.41) is 0. The highest BCUT2D eigenvalue weighted by Gasteiger charge is 2.32. The van der Waals surface area contributed by atoms with Crippen LogP contribution in [0.25, 0.3) is 0 Å². The zero-order chi connectivity index (χ0) is 18.6. The van der Waals surface area contributed by atoms with Crippen LogP contribution < -0.4 is 5.73 Å². The minimum atomic E-state index is -4.08. The van der Waals surface area contributed by atoms with Crippen LogP contribution in [0, 0.1) is 11.6 Å². The van der Waals surface area contributed by atoms with Gasteiger partial charge in [0.05, 0.1) is 12.5 Å². The summed E-state index contributed by atoms with van der Waals surface area (Å²) in [4.78, 5) is 13.1. The van der Waals surface area contributed by atoms with Gasteiger partial charge in [0.15, 0.2) is 0 Å². The summed E-state index contributed by atoms with van der Waals surface area (Å²) in [7, 11) is -2.62. The molecule has 1 aromatic rings. The quantitative estimate of drug-likeness (QED) is 0.736. The first-order valence-corrected chi connectivity index (χ1v) is 9.19. The van der Waals surface area contributed by atoms with Crippen molar-refractivity contribution >= 4 is 28.3 Å². The smallest absolute Gasteiger partial charge is 0.246 e. The highest BCUT2D eigenvalue weighted by Crippen LogP contribution is 2.21. The van der Waals surface area contributed by atoms with Gasteiger partial charge in [0.1, 0.15) is 16.5 Å². The number of halogens is 3. The number of hydrogen-bond acceptors (Lipinski definition) is 5. The van der Waals surface area contributed by atoms with E-state index in [0.29, 0.717) is 6.07 Å². The molecule has 1 saturated heterocycles. The van der Waals surface area contributed by atoms with Crippen molar-refractivity contribution in [2.24, 2.45) is 5.73 Å². The zero-order valence-electron chi connectivity index (χ0n) is 14.2. The van der Waals surface area contributed by atoms with Crippen molar-refractivity contribution < 1.29 is 26.7 Å². The van der Waals surface area contributed by atoms with Gasteiger partial charge in [0, 0.05) is 45.9 Å². The van der Waals surface area contributed by atoms with Crippen LogP contribution in [-0.4, -0.2) is 69.5 Å². The number of nitrogens with two attached hydrogens (primary N) is 1. The predicted molar refractivity (Wildman–Crippen MR) is 93.4 cm³/mol. The van der Waals surface area contributed by atoms with Crippen LogP contribution in [0.1, 0.15) is 6.42 Å². The second-order valence-corrected chi connectivity index (χ2v) is 7.56. The van der Waals surface area contributed by atoms with E-state index in [-0.39, 0.29) is 63.6 Å². The molecule has 2 rings (SSSR count). The maximum Gasteiger partial charge on any atom is 0.246 e. The van der Waals surface area contributed by atoms with E-state index in [0.717, 1.165) is 16.4 Å². The second kappa shape index (κ2) is 9.56. The van der Waals surface area contributed by atoms with Gasteiger partial charge < -0.3 is 15.4 Å². The van der Waals surface area contributed by atoms with Gasteiger partial charge in [0.25, 0.3) is 0 Å². The minimum absolute atomic E-state index is 0. The van der Waals surface area contributed by atoms with E-state index < -0.39 is 26.6 Å². The molecule has 0 aliphatic carbocycles. The summed E-state index contributed by atoms with van der Waals surface area (Å²) < 4.78 is 57.9. The first-order valence-electron chi connectivity index (χ1n) is 7.75. The van der Waals surface area contributed by atoms with Crippen molar-refractivity contribution in [3.05, 3.63) is 29.8 Å². The number of nitrogens with zero attached hydrogens (tertiary/aromatic N) is 2. The van der Waals surface area contributed by atoms with Gasteiger partial charge in [-0.1, -0.05) is 0 Å². The summed E-state index contributed by atoms with van der Waals surface area (Å²) in [6.07, 6.45) is -0.269. The average molecular weight is 414 g/mol. The van der Waals surface area contributed by atoms with Crippen LogP contribution in [0.3, 0.4) is 0 Å². The molecule has 1 aliphatic heterocycles. The molecule has 1 atom stereocenters. The topological polar surface area (TPSA) is 92.9 Å².